The number of halogens is 2. The van der Waals surface area contributed by atoms with Gasteiger partial charge < -0.3 is 0 Å². The van der Waals surface area contributed by atoms with Crippen LogP contribution < -0.4 is 0 Å². The number of aromatic nitrogens is 1. The highest BCUT2D eigenvalue weighted by molar-refractivity contribution is 9.10. The molecule has 14 heavy (non-hydrogen) atoms. The molecule has 0 N–H and O–H groups in total. The minimum Gasteiger partial charge on any atom is -0.252 e. The first-order valence-corrected chi connectivity index (χ1v) is 5.11. The van der Waals surface area contributed by atoms with E-state index in [4.69, 9.17) is 0 Å². The molecular weight excluding hydrogens is 245 g/mol. The van der Waals surface area contributed by atoms with Crippen LogP contribution >= 0.6 is 15.9 Å². The fraction of sp³-hybridized carbons (Fsp3) is 0.182. The fourth-order valence-electron chi connectivity index (χ4n) is 1.39. The topological polar surface area (TPSA) is 12.9 Å². The van der Waals surface area contributed by atoms with Crippen LogP contribution in [0.25, 0.3) is 10.9 Å². The third kappa shape index (κ3) is 1.42. The maximum atomic E-state index is 13.4. The van der Waals surface area contributed by atoms with Crippen molar-refractivity contribution in [3.05, 3.63) is 39.7 Å². The number of hydrogen-bond acceptors (Lipinski definition) is 1. The number of nitrogens with zero attached hydrogens (tertiary/aromatic N) is 1. The van der Waals surface area contributed by atoms with Crippen molar-refractivity contribution in [3.63, 3.8) is 0 Å². The fourth-order valence-corrected chi connectivity index (χ4v) is 1.89. The van der Waals surface area contributed by atoms with Gasteiger partial charge in [-0.2, -0.15) is 0 Å². The minimum absolute atomic E-state index is 0.199. The second-order valence-corrected chi connectivity index (χ2v) is 4.11. The standard InChI is InChI=1S/C11H9BrFN/c1-6-3-4-8-5-9(13)7(2)10(12)11(8)14-6/h3-5H,1-2H3. The Kier molecular flexibility index (Phi) is 2.27. The molecule has 2 rings (SSSR count). The highest BCUT2D eigenvalue weighted by atomic mass is 79.9. The Morgan fingerprint density at radius 3 is 2.71 bits per heavy atom. The summed E-state index contributed by atoms with van der Waals surface area (Å²) in [4.78, 5) is 4.36. The van der Waals surface area contributed by atoms with E-state index < -0.39 is 0 Å². The molecule has 1 heterocycles. The molecule has 0 saturated carbocycles. The molecule has 0 unspecified atom stereocenters. The van der Waals surface area contributed by atoms with Crippen molar-refractivity contribution in [2.75, 3.05) is 0 Å². The summed E-state index contributed by atoms with van der Waals surface area (Å²) in [6.45, 7) is 3.66. The Balaban J connectivity index is 2.92. The summed E-state index contributed by atoms with van der Waals surface area (Å²) < 4.78 is 14.1. The van der Waals surface area contributed by atoms with E-state index in [1.54, 1.807) is 6.92 Å². The number of hydrogen-bond donors (Lipinski definition) is 0. The molecule has 0 atom stereocenters. The Bertz CT molecular complexity index is 508. The van der Waals surface area contributed by atoms with Crippen LogP contribution in [0.3, 0.4) is 0 Å². The minimum atomic E-state index is -0.199. The van der Waals surface area contributed by atoms with Crippen molar-refractivity contribution in [1.82, 2.24) is 4.98 Å². The third-order valence-corrected chi connectivity index (χ3v) is 3.21. The second kappa shape index (κ2) is 3.31. The van der Waals surface area contributed by atoms with Crippen LogP contribution in [0.15, 0.2) is 22.7 Å². The van der Waals surface area contributed by atoms with Gasteiger partial charge in [-0.15, -0.1) is 0 Å². The lowest BCUT2D eigenvalue weighted by molar-refractivity contribution is 0.619. The Labute approximate surface area is 90.1 Å². The normalized spacial score (nSPS) is 10.9. The summed E-state index contributed by atoms with van der Waals surface area (Å²) in [6.07, 6.45) is 0. The van der Waals surface area contributed by atoms with E-state index in [1.807, 2.05) is 19.1 Å². The maximum absolute atomic E-state index is 13.4. The van der Waals surface area contributed by atoms with E-state index in [-0.39, 0.29) is 5.82 Å². The molecular formula is C11H9BrFN. The van der Waals surface area contributed by atoms with Crippen molar-refractivity contribution in [2.24, 2.45) is 0 Å². The van der Waals surface area contributed by atoms with Gasteiger partial charge in [-0.25, -0.2) is 4.39 Å². The van der Waals surface area contributed by atoms with Crippen LogP contribution in [0.4, 0.5) is 4.39 Å². The highest BCUT2D eigenvalue weighted by Gasteiger charge is 2.08. The smallest absolute Gasteiger partial charge is 0.127 e. The monoisotopic (exact) mass is 253 g/mol. The third-order valence-electron chi connectivity index (χ3n) is 2.24. The molecule has 0 radical (unpaired) electrons. The van der Waals surface area contributed by atoms with Gasteiger partial charge in [0, 0.05) is 21.1 Å². The van der Waals surface area contributed by atoms with Gasteiger partial charge >= 0.3 is 0 Å². The van der Waals surface area contributed by atoms with Crippen LogP contribution in [-0.4, -0.2) is 4.98 Å². The van der Waals surface area contributed by atoms with Gasteiger partial charge in [0.1, 0.15) is 5.82 Å². The summed E-state index contributed by atoms with van der Waals surface area (Å²) in [5.74, 6) is -0.199. The van der Waals surface area contributed by atoms with Crippen LogP contribution in [0, 0.1) is 19.7 Å². The first-order chi connectivity index (χ1) is 6.59. The van der Waals surface area contributed by atoms with Gasteiger partial charge in [-0.1, -0.05) is 6.07 Å². The van der Waals surface area contributed by atoms with Gasteiger partial charge in [-0.3, -0.25) is 4.98 Å². The van der Waals surface area contributed by atoms with Gasteiger partial charge in [0.15, 0.2) is 0 Å². The van der Waals surface area contributed by atoms with Crippen molar-refractivity contribution in [3.8, 4) is 0 Å². The molecule has 1 aromatic carbocycles. The zero-order chi connectivity index (χ0) is 10.3. The van der Waals surface area contributed by atoms with E-state index in [0.717, 1.165) is 21.1 Å². The lowest BCUT2D eigenvalue weighted by atomic mass is 10.1. The maximum Gasteiger partial charge on any atom is 0.127 e. The van der Waals surface area contributed by atoms with E-state index in [9.17, 15) is 4.39 Å². The molecule has 0 fully saturated rings. The molecule has 0 spiro atoms. The van der Waals surface area contributed by atoms with Gasteiger partial charge in [-0.05, 0) is 41.9 Å². The van der Waals surface area contributed by atoms with Crippen LogP contribution in [0.1, 0.15) is 11.3 Å². The van der Waals surface area contributed by atoms with E-state index in [2.05, 4.69) is 20.9 Å². The van der Waals surface area contributed by atoms with Crippen molar-refractivity contribution in [2.45, 2.75) is 13.8 Å². The molecule has 0 aliphatic rings. The number of aryl methyl sites for hydroxylation is 1. The molecule has 0 aliphatic heterocycles. The lowest BCUT2D eigenvalue weighted by Gasteiger charge is -2.05. The SMILES string of the molecule is Cc1ccc2cc(F)c(C)c(Br)c2n1. The van der Waals surface area contributed by atoms with Crippen LogP contribution in [-0.2, 0) is 0 Å². The van der Waals surface area contributed by atoms with Gasteiger partial charge in [0.25, 0.3) is 0 Å². The summed E-state index contributed by atoms with van der Waals surface area (Å²) >= 11 is 3.36. The summed E-state index contributed by atoms with van der Waals surface area (Å²) in [6, 6.07) is 5.27. The molecule has 0 saturated heterocycles. The second-order valence-electron chi connectivity index (χ2n) is 3.32. The van der Waals surface area contributed by atoms with Crippen molar-refractivity contribution in [1.29, 1.82) is 0 Å². The first-order valence-electron chi connectivity index (χ1n) is 4.31. The molecule has 1 aromatic heterocycles. The average molecular weight is 254 g/mol. The largest absolute Gasteiger partial charge is 0.252 e. The number of fused-ring (bicyclic) bond motifs is 1. The summed E-state index contributed by atoms with van der Waals surface area (Å²) in [7, 11) is 0. The van der Waals surface area contributed by atoms with Gasteiger partial charge in [0.05, 0.1) is 5.52 Å². The number of rotatable bonds is 0. The molecule has 72 valence electrons. The van der Waals surface area contributed by atoms with Crippen LogP contribution in [0.5, 0.6) is 0 Å². The zero-order valence-electron chi connectivity index (χ0n) is 7.94. The summed E-state index contributed by atoms with van der Waals surface area (Å²) in [5.41, 5.74) is 2.36. The molecule has 0 amide bonds. The van der Waals surface area contributed by atoms with E-state index >= 15 is 0 Å². The highest BCUT2D eigenvalue weighted by Crippen LogP contribution is 2.28. The molecule has 3 heteroatoms. The molecule has 2 aromatic rings. The van der Waals surface area contributed by atoms with Crippen LogP contribution in [0.2, 0.25) is 0 Å². The molecule has 1 nitrogen and oxygen atoms in total. The van der Waals surface area contributed by atoms with Gasteiger partial charge in [0.2, 0.25) is 0 Å². The number of benzene rings is 1. The van der Waals surface area contributed by atoms with Crippen molar-refractivity contribution >= 4 is 26.8 Å². The quantitative estimate of drug-likeness (QED) is 0.697. The Morgan fingerprint density at radius 1 is 1.29 bits per heavy atom. The summed E-state index contributed by atoms with van der Waals surface area (Å²) in [5, 5.41) is 0.825. The molecule has 0 aliphatic carbocycles. The predicted octanol–water partition coefficient (Wildman–Crippen LogP) is 3.75. The lowest BCUT2D eigenvalue weighted by Crippen LogP contribution is -1.90. The Hall–Kier alpha value is -0.960. The Morgan fingerprint density at radius 2 is 2.00 bits per heavy atom. The van der Waals surface area contributed by atoms with Crippen molar-refractivity contribution < 1.29 is 4.39 Å². The first kappa shape index (κ1) is 9.59. The molecule has 0 bridgehead atoms. The van der Waals surface area contributed by atoms with E-state index in [0.29, 0.717) is 5.56 Å². The van der Waals surface area contributed by atoms with E-state index in [1.165, 1.54) is 6.07 Å². The zero-order valence-corrected chi connectivity index (χ0v) is 9.52. The average Bonchev–Trinajstić information content (AvgIpc) is 2.16. The predicted molar refractivity (Wildman–Crippen MR) is 58.9 cm³/mol. The number of pyridine rings is 1.